The highest BCUT2D eigenvalue weighted by Crippen LogP contribution is 2.34. The molecule has 0 bridgehead atoms. The number of nitrogens with one attached hydrogen (secondary N) is 1. The van der Waals surface area contributed by atoms with Crippen molar-refractivity contribution in [3.63, 3.8) is 0 Å². The van der Waals surface area contributed by atoms with Gasteiger partial charge in [0.2, 0.25) is 11.0 Å². The molecule has 0 saturated heterocycles. The van der Waals surface area contributed by atoms with Crippen LogP contribution in [0.3, 0.4) is 0 Å². The molecule has 0 radical (unpaired) electrons. The van der Waals surface area contributed by atoms with E-state index >= 15 is 0 Å². The summed E-state index contributed by atoms with van der Waals surface area (Å²) in [7, 11) is 1.62. The highest BCUT2D eigenvalue weighted by Gasteiger charge is 2.21. The van der Waals surface area contributed by atoms with E-state index in [0.717, 1.165) is 21.5 Å². The van der Waals surface area contributed by atoms with E-state index < -0.39 is 5.82 Å². The fourth-order valence-corrected chi connectivity index (χ4v) is 5.41. The number of aromatic nitrogens is 3. The Hall–Kier alpha value is -3.02. The van der Waals surface area contributed by atoms with Gasteiger partial charge in [0.25, 0.3) is 0 Å². The zero-order valence-corrected chi connectivity index (χ0v) is 19.6. The Balaban J connectivity index is 1.40. The molecule has 0 aliphatic rings. The zero-order valence-electron chi connectivity index (χ0n) is 17.1. The average Bonchev–Trinajstić information content (AvgIpc) is 3.44. The van der Waals surface area contributed by atoms with Crippen molar-refractivity contribution in [3.05, 3.63) is 65.4 Å². The molecule has 1 amide bonds. The maximum atomic E-state index is 14.2. The minimum absolute atomic E-state index is 0.187. The van der Waals surface area contributed by atoms with Crippen molar-refractivity contribution < 1.29 is 13.9 Å². The lowest BCUT2D eigenvalue weighted by molar-refractivity contribution is -0.115. The van der Waals surface area contributed by atoms with Gasteiger partial charge in [-0.3, -0.25) is 9.69 Å². The predicted molar refractivity (Wildman–Crippen MR) is 127 cm³/mol. The molecule has 0 unspecified atom stereocenters. The van der Waals surface area contributed by atoms with E-state index in [9.17, 15) is 9.18 Å². The number of thioether (sulfide) groups is 1. The van der Waals surface area contributed by atoms with Gasteiger partial charge in [0.1, 0.15) is 11.6 Å². The Bertz CT molecular complexity index is 1210. The van der Waals surface area contributed by atoms with Crippen molar-refractivity contribution in [2.24, 2.45) is 0 Å². The van der Waals surface area contributed by atoms with Crippen molar-refractivity contribution >= 4 is 62.0 Å². The van der Waals surface area contributed by atoms with Gasteiger partial charge in [-0.1, -0.05) is 35.2 Å². The molecule has 0 saturated carbocycles. The number of carbonyl (C=O) groups is 1. The van der Waals surface area contributed by atoms with Crippen molar-refractivity contribution in [3.8, 4) is 5.75 Å². The van der Waals surface area contributed by atoms with Crippen LogP contribution in [0.5, 0.6) is 5.75 Å². The number of nitrogens with zero attached hydrogens (tertiary/aromatic N) is 4. The molecule has 7 nitrogen and oxygen atoms in total. The SMILES string of the molecule is COc1ccc(Nc2nnc(SCc3csc(N(C(C)=O)c4ccccc4F)n3)s2)cc1. The Morgan fingerprint density at radius 1 is 1.19 bits per heavy atom. The van der Waals surface area contributed by atoms with Crippen molar-refractivity contribution in [2.45, 2.75) is 17.0 Å². The molecule has 0 aliphatic carbocycles. The third-order valence-electron chi connectivity index (χ3n) is 4.23. The number of halogens is 1. The first kappa shape index (κ1) is 22.2. The van der Waals surface area contributed by atoms with E-state index in [-0.39, 0.29) is 11.6 Å². The minimum Gasteiger partial charge on any atom is -0.497 e. The van der Waals surface area contributed by atoms with Gasteiger partial charge in [0.05, 0.1) is 18.5 Å². The number of benzene rings is 2. The molecule has 164 valence electrons. The zero-order chi connectivity index (χ0) is 22.5. The molecule has 0 spiro atoms. The fourth-order valence-electron chi connectivity index (χ4n) is 2.76. The van der Waals surface area contributed by atoms with E-state index in [4.69, 9.17) is 4.74 Å². The number of hydrogen-bond acceptors (Lipinski definition) is 9. The van der Waals surface area contributed by atoms with Crippen LogP contribution in [-0.2, 0) is 10.5 Å². The summed E-state index contributed by atoms with van der Waals surface area (Å²) in [5.41, 5.74) is 1.85. The average molecular weight is 488 g/mol. The van der Waals surface area contributed by atoms with Crippen molar-refractivity contribution in [1.29, 1.82) is 0 Å². The summed E-state index contributed by atoms with van der Waals surface area (Å²) in [5, 5.41) is 14.5. The molecular formula is C21H18FN5O2S3. The Morgan fingerprint density at radius 3 is 2.69 bits per heavy atom. The lowest BCUT2D eigenvalue weighted by Gasteiger charge is -2.18. The molecular weight excluding hydrogens is 469 g/mol. The van der Waals surface area contributed by atoms with E-state index in [2.05, 4.69) is 20.5 Å². The largest absolute Gasteiger partial charge is 0.497 e. The maximum absolute atomic E-state index is 14.2. The van der Waals surface area contributed by atoms with Crippen LogP contribution in [0.25, 0.3) is 0 Å². The van der Waals surface area contributed by atoms with Crippen LogP contribution in [0.2, 0.25) is 0 Å². The van der Waals surface area contributed by atoms with E-state index in [1.165, 1.54) is 52.3 Å². The van der Waals surface area contributed by atoms with Crippen LogP contribution >= 0.6 is 34.4 Å². The number of carbonyl (C=O) groups excluding carboxylic acids is 1. The summed E-state index contributed by atoms with van der Waals surface area (Å²) in [6.45, 7) is 1.39. The van der Waals surface area contributed by atoms with E-state index in [1.807, 2.05) is 29.6 Å². The highest BCUT2D eigenvalue weighted by atomic mass is 32.2. The van der Waals surface area contributed by atoms with Gasteiger partial charge in [0.15, 0.2) is 9.47 Å². The summed E-state index contributed by atoms with van der Waals surface area (Å²) >= 11 is 4.22. The molecule has 0 atom stereocenters. The summed E-state index contributed by atoms with van der Waals surface area (Å²) in [6.07, 6.45) is 0. The summed E-state index contributed by atoms with van der Waals surface area (Å²) < 4.78 is 20.2. The summed E-state index contributed by atoms with van der Waals surface area (Å²) in [4.78, 5) is 18.0. The predicted octanol–water partition coefficient (Wildman–Crippen LogP) is 5.86. The number of rotatable bonds is 8. The van der Waals surface area contributed by atoms with Crippen LogP contribution in [0, 0.1) is 5.82 Å². The Labute approximate surface area is 196 Å². The van der Waals surface area contributed by atoms with Gasteiger partial charge in [-0.2, -0.15) is 0 Å². The van der Waals surface area contributed by atoms with Gasteiger partial charge < -0.3 is 10.1 Å². The van der Waals surface area contributed by atoms with Gasteiger partial charge in [-0.05, 0) is 36.4 Å². The van der Waals surface area contributed by atoms with Gasteiger partial charge >= 0.3 is 0 Å². The number of methoxy groups -OCH3 is 1. The molecule has 2 aromatic heterocycles. The van der Waals surface area contributed by atoms with Gasteiger partial charge in [-0.25, -0.2) is 9.37 Å². The Kier molecular flexibility index (Phi) is 6.98. The minimum atomic E-state index is -0.473. The highest BCUT2D eigenvalue weighted by molar-refractivity contribution is 8.00. The van der Waals surface area contributed by atoms with Crippen LogP contribution in [0.15, 0.2) is 58.3 Å². The Morgan fingerprint density at radius 2 is 1.97 bits per heavy atom. The van der Waals surface area contributed by atoms with Gasteiger partial charge in [-0.15, -0.1) is 21.5 Å². The second-order valence-corrected chi connectivity index (χ2v) is 9.48. The number of thiazole rings is 1. The number of para-hydroxylation sites is 1. The smallest absolute Gasteiger partial charge is 0.230 e. The number of ether oxygens (including phenoxy) is 1. The quantitative estimate of drug-likeness (QED) is 0.312. The topological polar surface area (TPSA) is 80.2 Å². The first-order chi connectivity index (χ1) is 15.5. The normalized spacial score (nSPS) is 10.7. The monoisotopic (exact) mass is 487 g/mol. The molecule has 0 fully saturated rings. The van der Waals surface area contributed by atoms with Crippen LogP contribution in [-0.4, -0.2) is 28.2 Å². The lowest BCUT2D eigenvalue weighted by atomic mass is 10.3. The van der Waals surface area contributed by atoms with Crippen molar-refractivity contribution in [1.82, 2.24) is 15.2 Å². The second-order valence-electron chi connectivity index (χ2n) is 6.44. The maximum Gasteiger partial charge on any atom is 0.230 e. The molecule has 32 heavy (non-hydrogen) atoms. The first-order valence-corrected chi connectivity index (χ1v) is 12.1. The molecule has 2 heterocycles. The van der Waals surface area contributed by atoms with Crippen LogP contribution in [0.1, 0.15) is 12.6 Å². The number of anilines is 4. The molecule has 4 aromatic rings. The van der Waals surface area contributed by atoms with Crippen molar-refractivity contribution in [2.75, 3.05) is 17.3 Å². The number of amides is 1. The third-order valence-corrected chi connectivity index (χ3v) is 7.11. The standard InChI is InChI=1S/C21H18FN5O2S3/c1-13(28)27(18-6-4-3-5-17(18)22)20-24-15(11-30-20)12-31-21-26-25-19(32-21)23-14-7-9-16(29-2)10-8-14/h3-11H,12H2,1-2H3,(H,23,25). The van der Waals surface area contributed by atoms with Crippen LogP contribution in [0.4, 0.5) is 26.0 Å². The summed E-state index contributed by atoms with van der Waals surface area (Å²) in [6, 6.07) is 13.7. The van der Waals surface area contributed by atoms with Crippen LogP contribution < -0.4 is 15.0 Å². The molecule has 0 aliphatic heterocycles. The van der Waals surface area contributed by atoms with E-state index in [0.29, 0.717) is 16.0 Å². The molecule has 4 rings (SSSR count). The fraction of sp³-hybridized carbons (Fsp3) is 0.143. The second kappa shape index (κ2) is 10.1. The number of hydrogen-bond donors (Lipinski definition) is 1. The molecule has 1 N–H and O–H groups in total. The third kappa shape index (κ3) is 5.23. The lowest BCUT2D eigenvalue weighted by Crippen LogP contribution is -2.23. The first-order valence-electron chi connectivity index (χ1n) is 9.40. The summed E-state index contributed by atoms with van der Waals surface area (Å²) in [5.74, 6) is 0.558. The van der Waals surface area contributed by atoms with Gasteiger partial charge in [0, 0.05) is 23.7 Å². The van der Waals surface area contributed by atoms with E-state index in [1.54, 1.807) is 25.3 Å². The molecule has 2 aromatic carbocycles. The molecule has 11 heteroatoms.